The van der Waals surface area contributed by atoms with E-state index in [1.165, 1.54) is 7.05 Å². The van der Waals surface area contributed by atoms with Crippen molar-refractivity contribution in [1.29, 1.82) is 0 Å². The van der Waals surface area contributed by atoms with E-state index in [1.54, 1.807) is 0 Å². The zero-order valence-electron chi connectivity index (χ0n) is 10.7. The van der Waals surface area contributed by atoms with Crippen LogP contribution in [-0.2, 0) is 19.7 Å². The van der Waals surface area contributed by atoms with E-state index in [1.807, 2.05) is 6.92 Å². The maximum Gasteiger partial charge on any atom is 0.304 e. The molecule has 7 nitrogen and oxygen atoms in total. The van der Waals surface area contributed by atoms with Gasteiger partial charge in [-0.3, -0.25) is 4.79 Å². The molecule has 0 aliphatic carbocycles. The van der Waals surface area contributed by atoms with E-state index in [-0.39, 0.29) is 26.1 Å². The molecule has 0 saturated heterocycles. The van der Waals surface area contributed by atoms with E-state index in [0.29, 0.717) is 6.61 Å². The molecule has 0 aromatic heterocycles. The van der Waals surface area contributed by atoms with Gasteiger partial charge in [-0.15, -0.1) is 0 Å². The number of aliphatic carboxylic acids is 1. The molecule has 0 amide bonds. The molecule has 0 rings (SSSR count). The summed E-state index contributed by atoms with van der Waals surface area (Å²) >= 11 is 0. The zero-order valence-corrected chi connectivity index (χ0v) is 11.5. The van der Waals surface area contributed by atoms with E-state index in [9.17, 15) is 13.2 Å². The first-order chi connectivity index (χ1) is 8.25. The Bertz CT molecular complexity index is 380. The maximum atomic E-state index is 11.6. The molecule has 0 aliphatic rings. The molecule has 2 N–H and O–H groups in total. The lowest BCUT2D eigenvalue weighted by atomic mass is 10.4. The normalized spacial score (nSPS) is 11.7. The third kappa shape index (κ3) is 8.18. The predicted octanol–water partition coefficient (Wildman–Crippen LogP) is -0.180. The Hall–Kier alpha value is -0.960. The Labute approximate surface area is 108 Å². The standard InChI is InChI=1S/C10H20N2O5S/c1-9(2)8-17-7-5-11-18(15,16)12(3)6-4-10(13)14/h11H,1,4-8H2,2-3H3,(H,13,14). The number of carbonyl (C=O) groups is 1. The van der Waals surface area contributed by atoms with Crippen molar-refractivity contribution in [3.8, 4) is 0 Å². The van der Waals surface area contributed by atoms with Gasteiger partial charge >= 0.3 is 5.97 Å². The van der Waals surface area contributed by atoms with Gasteiger partial charge in [0, 0.05) is 20.1 Å². The van der Waals surface area contributed by atoms with Crippen molar-refractivity contribution >= 4 is 16.2 Å². The number of hydrogen-bond acceptors (Lipinski definition) is 4. The molecule has 0 saturated carbocycles. The molecule has 0 atom stereocenters. The fourth-order valence-electron chi connectivity index (χ4n) is 0.973. The highest BCUT2D eigenvalue weighted by molar-refractivity contribution is 7.87. The molecule has 8 heteroatoms. The molecule has 0 bridgehead atoms. The summed E-state index contributed by atoms with van der Waals surface area (Å²) in [5.41, 5.74) is 0.858. The van der Waals surface area contributed by atoms with Crippen molar-refractivity contribution < 1.29 is 23.1 Å². The summed E-state index contributed by atoms with van der Waals surface area (Å²) in [5.74, 6) is -1.04. The summed E-state index contributed by atoms with van der Waals surface area (Å²) in [6, 6.07) is 0. The van der Waals surface area contributed by atoms with Gasteiger partial charge in [0.15, 0.2) is 0 Å². The first-order valence-corrected chi connectivity index (χ1v) is 6.84. The largest absolute Gasteiger partial charge is 0.481 e. The van der Waals surface area contributed by atoms with E-state index in [4.69, 9.17) is 9.84 Å². The Morgan fingerprint density at radius 3 is 2.61 bits per heavy atom. The smallest absolute Gasteiger partial charge is 0.304 e. The van der Waals surface area contributed by atoms with Crippen LogP contribution < -0.4 is 4.72 Å². The maximum absolute atomic E-state index is 11.6. The van der Waals surface area contributed by atoms with Gasteiger partial charge in [0.1, 0.15) is 0 Å². The van der Waals surface area contributed by atoms with Gasteiger partial charge in [0.2, 0.25) is 0 Å². The summed E-state index contributed by atoms with van der Waals surface area (Å²) in [5, 5.41) is 8.46. The van der Waals surface area contributed by atoms with Crippen LogP contribution in [0, 0.1) is 0 Å². The molecule has 0 aromatic carbocycles. The third-order valence-electron chi connectivity index (χ3n) is 1.93. The topological polar surface area (TPSA) is 95.9 Å². The van der Waals surface area contributed by atoms with E-state index in [0.717, 1.165) is 9.88 Å². The molecule has 18 heavy (non-hydrogen) atoms. The average Bonchev–Trinajstić information content (AvgIpc) is 2.24. The van der Waals surface area contributed by atoms with Crippen LogP contribution in [0.4, 0.5) is 0 Å². The van der Waals surface area contributed by atoms with Crippen LogP contribution in [0.3, 0.4) is 0 Å². The lowest BCUT2D eigenvalue weighted by molar-refractivity contribution is -0.137. The van der Waals surface area contributed by atoms with Crippen LogP contribution in [0.2, 0.25) is 0 Å². The van der Waals surface area contributed by atoms with Crippen molar-refractivity contribution in [2.24, 2.45) is 0 Å². The van der Waals surface area contributed by atoms with Crippen LogP contribution in [0.15, 0.2) is 12.2 Å². The molecular weight excluding hydrogens is 260 g/mol. The molecule has 0 spiro atoms. The van der Waals surface area contributed by atoms with Gasteiger partial charge in [0.05, 0.1) is 19.6 Å². The molecule has 106 valence electrons. The molecule has 0 unspecified atom stereocenters. The number of ether oxygens (including phenoxy) is 1. The van der Waals surface area contributed by atoms with Gasteiger partial charge in [-0.25, -0.2) is 0 Å². The molecular formula is C10H20N2O5S. The van der Waals surface area contributed by atoms with Crippen molar-refractivity contribution in [3.05, 3.63) is 12.2 Å². The second-order valence-corrected chi connectivity index (χ2v) is 5.74. The summed E-state index contributed by atoms with van der Waals surface area (Å²) < 4.78 is 31.6. The van der Waals surface area contributed by atoms with Crippen molar-refractivity contribution in [2.45, 2.75) is 13.3 Å². The highest BCUT2D eigenvalue weighted by Crippen LogP contribution is 1.95. The number of rotatable bonds is 10. The average molecular weight is 280 g/mol. The minimum atomic E-state index is -3.64. The second kappa shape index (κ2) is 8.20. The monoisotopic (exact) mass is 280 g/mol. The van der Waals surface area contributed by atoms with Crippen molar-refractivity contribution in [3.63, 3.8) is 0 Å². The first-order valence-electron chi connectivity index (χ1n) is 5.40. The number of nitrogens with zero attached hydrogens (tertiary/aromatic N) is 1. The summed E-state index contributed by atoms with van der Waals surface area (Å²) in [6.45, 7) is 6.13. The van der Waals surface area contributed by atoms with Gasteiger partial charge < -0.3 is 9.84 Å². The zero-order chi connectivity index (χ0) is 14.2. The van der Waals surface area contributed by atoms with Crippen molar-refractivity contribution in [1.82, 2.24) is 9.03 Å². The number of hydrogen-bond donors (Lipinski definition) is 2. The van der Waals surface area contributed by atoms with Gasteiger partial charge in [-0.1, -0.05) is 12.2 Å². The summed E-state index contributed by atoms with van der Waals surface area (Å²) in [4.78, 5) is 10.3. The summed E-state index contributed by atoms with van der Waals surface area (Å²) in [6.07, 6.45) is -0.233. The molecule has 0 aromatic rings. The van der Waals surface area contributed by atoms with Crippen LogP contribution in [0.25, 0.3) is 0 Å². The van der Waals surface area contributed by atoms with Crippen LogP contribution in [0.1, 0.15) is 13.3 Å². The molecule has 0 fully saturated rings. The van der Waals surface area contributed by atoms with Crippen LogP contribution in [-0.4, -0.2) is 57.1 Å². The Kier molecular flexibility index (Phi) is 7.76. The van der Waals surface area contributed by atoms with Gasteiger partial charge in [-0.05, 0) is 6.92 Å². The Balaban J connectivity index is 3.92. The predicted molar refractivity (Wildman–Crippen MR) is 67.4 cm³/mol. The SMILES string of the molecule is C=C(C)COCCNS(=O)(=O)N(C)CCC(=O)O. The van der Waals surface area contributed by atoms with Crippen LogP contribution >= 0.6 is 0 Å². The Morgan fingerprint density at radius 1 is 1.50 bits per heavy atom. The Morgan fingerprint density at radius 2 is 2.11 bits per heavy atom. The minimum Gasteiger partial charge on any atom is -0.481 e. The third-order valence-corrected chi connectivity index (χ3v) is 3.50. The van der Waals surface area contributed by atoms with Crippen molar-refractivity contribution in [2.75, 3.05) is 33.4 Å². The highest BCUT2D eigenvalue weighted by atomic mass is 32.2. The van der Waals surface area contributed by atoms with E-state index in [2.05, 4.69) is 11.3 Å². The number of carboxylic acids is 1. The van der Waals surface area contributed by atoms with Crippen LogP contribution in [0.5, 0.6) is 0 Å². The second-order valence-electron chi connectivity index (χ2n) is 3.87. The van der Waals surface area contributed by atoms with Gasteiger partial charge in [-0.2, -0.15) is 17.4 Å². The molecule has 0 radical (unpaired) electrons. The number of nitrogens with one attached hydrogen (secondary N) is 1. The molecule has 0 heterocycles. The lowest BCUT2D eigenvalue weighted by Gasteiger charge is -2.16. The van der Waals surface area contributed by atoms with E-state index < -0.39 is 16.2 Å². The minimum absolute atomic E-state index is 0.0721. The van der Waals surface area contributed by atoms with Gasteiger partial charge in [0.25, 0.3) is 10.2 Å². The molecule has 0 aliphatic heterocycles. The quantitative estimate of drug-likeness (QED) is 0.427. The van der Waals surface area contributed by atoms with E-state index >= 15 is 0 Å². The number of carboxylic acid groups (broad SMARTS) is 1. The summed E-state index contributed by atoms with van der Waals surface area (Å²) in [7, 11) is -2.32. The lowest BCUT2D eigenvalue weighted by Crippen LogP contribution is -2.40. The first kappa shape index (κ1) is 17.0. The fraction of sp³-hybridized carbons (Fsp3) is 0.700. The highest BCUT2D eigenvalue weighted by Gasteiger charge is 2.17. The fourth-order valence-corrected chi connectivity index (χ4v) is 1.87.